The molecule has 0 aliphatic carbocycles. The summed E-state index contributed by atoms with van der Waals surface area (Å²) in [4.78, 5) is 8.78. The van der Waals surface area contributed by atoms with Crippen LogP contribution in [0.5, 0.6) is 11.5 Å². The molecule has 1 rings (SSSR count). The van der Waals surface area contributed by atoms with Gasteiger partial charge in [-0.1, -0.05) is 6.07 Å². The molecule has 84 valence electrons. The summed E-state index contributed by atoms with van der Waals surface area (Å²) < 4.78 is 18.9. The van der Waals surface area contributed by atoms with E-state index in [0.29, 0.717) is 5.56 Å². The van der Waals surface area contributed by atoms with Crippen molar-refractivity contribution < 1.29 is 28.8 Å². The predicted octanol–water partition coefficient (Wildman–Crippen LogP) is 0.605. The number of aromatic hydroxyl groups is 2. The van der Waals surface area contributed by atoms with Crippen molar-refractivity contribution in [2.75, 3.05) is 0 Å². The lowest BCUT2D eigenvalue weighted by atomic mass is 10.2. The van der Waals surface area contributed by atoms with E-state index in [1.807, 2.05) is 0 Å². The van der Waals surface area contributed by atoms with Gasteiger partial charge in [0, 0.05) is 0 Å². The molecule has 0 fully saturated rings. The number of hydrogen-bond acceptors (Lipinski definition) is 6. The number of rotatable bonds is 4. The lowest BCUT2D eigenvalue weighted by Gasteiger charge is -2.08. The quantitative estimate of drug-likeness (QED) is 0.342. The summed E-state index contributed by atoms with van der Waals surface area (Å²) >= 11 is 0. The Morgan fingerprint density at radius 1 is 1.33 bits per heavy atom. The third kappa shape index (κ3) is 3.50. The first kappa shape index (κ1) is 12.0. The summed E-state index contributed by atoms with van der Waals surface area (Å²) in [5.74, 6) is 3.86. The van der Waals surface area contributed by atoms with Gasteiger partial charge in [0.25, 0.3) is 0 Å². The highest BCUT2D eigenvalue weighted by Crippen LogP contribution is 2.42. The van der Waals surface area contributed by atoms with E-state index < -0.39 is 7.82 Å². The van der Waals surface area contributed by atoms with Gasteiger partial charge in [-0.15, -0.1) is 0 Å². The Hall–Kier alpha value is -1.11. The van der Waals surface area contributed by atoms with E-state index in [2.05, 4.69) is 15.0 Å². The van der Waals surface area contributed by atoms with E-state index >= 15 is 0 Å². The van der Waals surface area contributed by atoms with Crippen LogP contribution in [0.15, 0.2) is 18.2 Å². The Labute approximate surface area is 85.2 Å². The van der Waals surface area contributed by atoms with Crippen LogP contribution >= 0.6 is 7.82 Å². The third-order valence-electron chi connectivity index (χ3n) is 1.57. The van der Waals surface area contributed by atoms with Gasteiger partial charge in [-0.2, -0.15) is 0 Å². The summed E-state index contributed by atoms with van der Waals surface area (Å²) in [6, 6.07) is 3.82. The van der Waals surface area contributed by atoms with Gasteiger partial charge in [0.2, 0.25) is 0 Å². The minimum atomic E-state index is -4.23. The summed E-state index contributed by atoms with van der Waals surface area (Å²) in [6.45, 7) is -0.279. The van der Waals surface area contributed by atoms with Gasteiger partial charge in [-0.3, -0.25) is 4.52 Å². The van der Waals surface area contributed by atoms with E-state index in [9.17, 15) is 4.57 Å². The van der Waals surface area contributed by atoms with Gasteiger partial charge in [0.1, 0.15) is 0 Å². The highest BCUT2D eigenvalue weighted by atomic mass is 31.2. The van der Waals surface area contributed by atoms with Crippen LogP contribution in [0.2, 0.25) is 0 Å². The SMILES string of the molecule is NOP(=O)(O)OCc1ccc(O)c(O)c1. The van der Waals surface area contributed by atoms with Crippen molar-refractivity contribution in [2.45, 2.75) is 6.61 Å². The van der Waals surface area contributed by atoms with Crippen molar-refractivity contribution in [1.82, 2.24) is 0 Å². The molecule has 0 bridgehead atoms. The first-order chi connectivity index (χ1) is 6.94. The largest absolute Gasteiger partial charge is 0.504 e. The van der Waals surface area contributed by atoms with E-state index in [1.54, 1.807) is 0 Å². The van der Waals surface area contributed by atoms with Crippen LogP contribution in [0.3, 0.4) is 0 Å². The van der Waals surface area contributed by atoms with Gasteiger partial charge < -0.3 is 15.1 Å². The minimum Gasteiger partial charge on any atom is -0.504 e. The molecule has 0 heterocycles. The van der Waals surface area contributed by atoms with Crippen LogP contribution in [0.4, 0.5) is 0 Å². The van der Waals surface area contributed by atoms with Gasteiger partial charge in [-0.05, 0) is 17.7 Å². The lowest BCUT2D eigenvalue weighted by molar-refractivity contribution is 0.144. The number of phosphoric acid groups is 1. The maximum Gasteiger partial charge on any atom is 0.488 e. The highest BCUT2D eigenvalue weighted by molar-refractivity contribution is 7.47. The zero-order valence-corrected chi connectivity index (χ0v) is 8.42. The second kappa shape index (κ2) is 4.61. The Bertz CT molecular complexity index is 395. The first-order valence-electron chi connectivity index (χ1n) is 3.81. The molecular formula is C7H10NO6P. The topological polar surface area (TPSA) is 122 Å². The van der Waals surface area contributed by atoms with Crippen molar-refractivity contribution in [2.24, 2.45) is 5.90 Å². The average molecular weight is 235 g/mol. The molecule has 15 heavy (non-hydrogen) atoms. The molecule has 0 aliphatic heterocycles. The number of phosphoric ester groups is 1. The molecule has 0 aliphatic rings. The molecule has 0 saturated carbocycles. The zero-order valence-electron chi connectivity index (χ0n) is 7.53. The monoisotopic (exact) mass is 235 g/mol. The summed E-state index contributed by atoms with van der Waals surface area (Å²) in [5, 5.41) is 18.1. The predicted molar refractivity (Wildman–Crippen MR) is 49.7 cm³/mol. The Kier molecular flexibility index (Phi) is 3.67. The third-order valence-corrected chi connectivity index (χ3v) is 2.29. The Balaban J connectivity index is 2.66. The van der Waals surface area contributed by atoms with Crippen molar-refractivity contribution >= 4 is 7.82 Å². The maximum atomic E-state index is 10.8. The first-order valence-corrected chi connectivity index (χ1v) is 5.31. The molecule has 7 nitrogen and oxygen atoms in total. The van der Waals surface area contributed by atoms with E-state index in [0.717, 1.165) is 0 Å². The van der Waals surface area contributed by atoms with E-state index in [1.165, 1.54) is 18.2 Å². The van der Waals surface area contributed by atoms with Gasteiger partial charge in [0.05, 0.1) is 6.61 Å². The summed E-state index contributed by atoms with van der Waals surface area (Å²) in [7, 11) is -4.23. The molecule has 1 unspecified atom stereocenters. The summed E-state index contributed by atoms with van der Waals surface area (Å²) in [6.07, 6.45) is 0. The zero-order chi connectivity index (χ0) is 11.5. The molecule has 1 aromatic rings. The number of hydrogen-bond donors (Lipinski definition) is 4. The van der Waals surface area contributed by atoms with Gasteiger partial charge in [0.15, 0.2) is 11.5 Å². The maximum absolute atomic E-state index is 10.8. The fourth-order valence-electron chi connectivity index (χ4n) is 0.845. The molecule has 0 saturated heterocycles. The molecule has 1 aromatic carbocycles. The van der Waals surface area contributed by atoms with Crippen LogP contribution in [-0.2, 0) is 20.3 Å². The van der Waals surface area contributed by atoms with E-state index in [4.69, 9.17) is 15.1 Å². The average Bonchev–Trinajstić information content (AvgIpc) is 2.20. The second-order valence-electron chi connectivity index (χ2n) is 2.67. The second-order valence-corrected chi connectivity index (χ2v) is 4.08. The summed E-state index contributed by atoms with van der Waals surface area (Å²) in [5.41, 5.74) is 0.386. The number of nitrogens with two attached hydrogens (primary N) is 1. The Morgan fingerprint density at radius 2 is 2.00 bits per heavy atom. The van der Waals surface area contributed by atoms with Crippen LogP contribution in [0, 0.1) is 0 Å². The number of benzene rings is 1. The van der Waals surface area contributed by atoms with E-state index in [-0.39, 0.29) is 18.1 Å². The molecule has 8 heteroatoms. The smallest absolute Gasteiger partial charge is 0.488 e. The molecule has 0 amide bonds. The van der Waals surface area contributed by atoms with Gasteiger partial charge in [-0.25, -0.2) is 15.1 Å². The van der Waals surface area contributed by atoms with Crippen molar-refractivity contribution in [3.63, 3.8) is 0 Å². The molecule has 5 N–H and O–H groups in total. The van der Waals surface area contributed by atoms with Crippen LogP contribution in [0.25, 0.3) is 0 Å². The van der Waals surface area contributed by atoms with Crippen LogP contribution in [0.1, 0.15) is 5.56 Å². The molecule has 0 spiro atoms. The Morgan fingerprint density at radius 3 is 2.53 bits per heavy atom. The van der Waals surface area contributed by atoms with Crippen molar-refractivity contribution in [1.29, 1.82) is 0 Å². The fraction of sp³-hybridized carbons (Fsp3) is 0.143. The standard InChI is InChI=1S/C7H10NO6P/c8-14-15(11,12)13-4-5-1-2-6(9)7(10)3-5/h1-3,9-10H,4,8H2,(H,11,12). The van der Waals surface area contributed by atoms with Crippen molar-refractivity contribution in [3.8, 4) is 11.5 Å². The number of phenolic OH excluding ortho intramolecular Hbond substituents is 2. The normalized spacial score (nSPS) is 14.8. The van der Waals surface area contributed by atoms with Crippen LogP contribution < -0.4 is 5.90 Å². The van der Waals surface area contributed by atoms with Crippen molar-refractivity contribution in [3.05, 3.63) is 23.8 Å². The molecular weight excluding hydrogens is 225 g/mol. The van der Waals surface area contributed by atoms with Crippen LogP contribution in [-0.4, -0.2) is 15.1 Å². The fourth-order valence-corrected chi connectivity index (χ4v) is 1.22. The molecule has 0 aromatic heterocycles. The number of phenols is 2. The lowest BCUT2D eigenvalue weighted by Crippen LogP contribution is -2.00. The highest BCUT2D eigenvalue weighted by Gasteiger charge is 2.19. The molecule has 1 atom stereocenters. The molecule has 0 radical (unpaired) electrons. The van der Waals surface area contributed by atoms with Gasteiger partial charge >= 0.3 is 7.82 Å². The minimum absolute atomic E-state index is 0.279.